The van der Waals surface area contributed by atoms with E-state index < -0.39 is 157 Å². The molecule has 11 N–H and O–H groups in total. The molecule has 24 nitrogen and oxygen atoms in total. The number of ether oxygens (including phenoxy) is 5. The highest BCUT2D eigenvalue weighted by molar-refractivity contribution is 5.94. The van der Waals surface area contributed by atoms with Gasteiger partial charge in [0.05, 0.1) is 60.5 Å². The van der Waals surface area contributed by atoms with Crippen LogP contribution in [0.3, 0.4) is 0 Å². The molecule has 2 aromatic carbocycles. The third-order valence-electron chi connectivity index (χ3n) is 19.2. The molecule has 3 fully saturated rings. The summed E-state index contributed by atoms with van der Waals surface area (Å²) in [7, 11) is 3.68. The summed E-state index contributed by atoms with van der Waals surface area (Å²) >= 11 is 0. The molecule has 3 heterocycles. The lowest BCUT2D eigenvalue weighted by Gasteiger charge is -2.48. The number of carbonyl (C=O) groups is 6. The minimum Gasteiger partial charge on any atom is -0.459 e. The molecule has 24 heteroatoms. The van der Waals surface area contributed by atoms with Gasteiger partial charge in [-0.25, -0.2) is 0 Å². The van der Waals surface area contributed by atoms with Crippen LogP contribution in [0.25, 0.3) is 0 Å². The molecule has 0 bridgehead atoms. The van der Waals surface area contributed by atoms with Gasteiger partial charge in [0.1, 0.15) is 42.1 Å². The Morgan fingerprint density at radius 2 is 1.34 bits per heavy atom. The number of rotatable bonds is 26. The SMILES string of the molecule is CCC1OC(=O)C(C)C(OC2CC(C)(O)C(O)C(C)O2)C(C)C(OC2OC(C)CC(N(C)C)C2O)C(C)(O)CC(C)CN(CCCNC(=O)CNC(=O)C(CC(C)C)NC(=O)C(Cc2ccccc2)NC(=O)CNC(=O)[C@H](C)c2ccc(CC(C)C)cc2)C(C)C(O)C1(C)O. The molecule has 538 valence electrons. The second-order valence-electron chi connectivity index (χ2n) is 29.3. The Bertz CT molecular complexity index is 2750. The Balaban J connectivity index is 1.30. The maximum Gasteiger partial charge on any atom is 0.311 e. The van der Waals surface area contributed by atoms with Crippen LogP contribution in [0.2, 0.25) is 0 Å². The van der Waals surface area contributed by atoms with E-state index in [2.05, 4.69) is 40.4 Å². The van der Waals surface area contributed by atoms with Gasteiger partial charge in [-0.2, -0.15) is 0 Å². The molecule has 0 radical (unpaired) electrons. The van der Waals surface area contributed by atoms with Crippen LogP contribution in [0.4, 0.5) is 0 Å². The van der Waals surface area contributed by atoms with E-state index in [-0.39, 0.29) is 75.7 Å². The molecule has 3 aliphatic rings. The normalized spacial score (nSPS) is 33.2. The summed E-state index contributed by atoms with van der Waals surface area (Å²) in [5.74, 6) is -6.23. The first-order valence-corrected chi connectivity index (χ1v) is 34.4. The number of amides is 5. The standard InChI is InChI=1S/C71H117N7O17/c1-18-55-71(15,90)61(82)47(11)78(39-42(6)35-70(14,89)63(95-68-59(81)54(77(16)17)33-43(7)91-68)45(9)60(46(10)67(87)93-55)94-58-36-69(13,88)62(83)48(12)92-58)30-22-29-72-56(79)37-74-65(85)52(32-41(4)5)76-66(86)53(34-49-23-20-19-21-24-49)75-57(80)38-73-64(84)44(8)51-27-25-50(26-28-51)31-40(2)3/h19-21,23-28,40-48,52-55,58-63,68,81-83,88-90H,18,22,29-39H2,1-17H3,(H,72,79)(H,73,84)(H,74,85)(H,75,80)(H,76,86)/t42?,43?,44-,45?,46?,47?,48?,52?,53?,54?,55?,58?,59?,60?,61?,62?,63?,68?,69?,70?,71?/m1/s1. The van der Waals surface area contributed by atoms with Crippen molar-refractivity contribution in [3.63, 3.8) is 0 Å². The van der Waals surface area contributed by atoms with Gasteiger partial charge in [0.15, 0.2) is 12.6 Å². The first kappa shape index (κ1) is 80.5. The Kier molecular flexibility index (Phi) is 30.5. The molecule has 5 rings (SSSR count). The maximum atomic E-state index is 14.7. The fraction of sp³-hybridized carbons (Fsp3) is 0.746. The van der Waals surface area contributed by atoms with E-state index in [1.54, 1.807) is 60.6 Å². The highest BCUT2D eigenvalue weighted by Crippen LogP contribution is 2.40. The third kappa shape index (κ3) is 23.2. The Morgan fingerprint density at radius 3 is 1.94 bits per heavy atom. The van der Waals surface area contributed by atoms with Gasteiger partial charge in [-0.15, -0.1) is 0 Å². The van der Waals surface area contributed by atoms with Crippen LogP contribution in [-0.4, -0.2) is 225 Å². The number of nitrogens with one attached hydrogen (secondary N) is 5. The highest BCUT2D eigenvalue weighted by Gasteiger charge is 2.53. The van der Waals surface area contributed by atoms with Crippen LogP contribution in [0, 0.1) is 29.6 Å². The number of benzene rings is 2. The second kappa shape index (κ2) is 36.0. The van der Waals surface area contributed by atoms with Crippen molar-refractivity contribution in [1.29, 1.82) is 0 Å². The van der Waals surface area contributed by atoms with E-state index in [0.717, 1.165) is 23.1 Å². The highest BCUT2D eigenvalue weighted by atomic mass is 16.7. The average Bonchev–Trinajstić information content (AvgIpc) is 1.51. The molecule has 5 amide bonds. The lowest BCUT2D eigenvalue weighted by Crippen LogP contribution is -2.60. The number of aliphatic hydroxyl groups excluding tert-OH is 3. The summed E-state index contributed by atoms with van der Waals surface area (Å²) in [6, 6.07) is 13.4. The minimum absolute atomic E-state index is 0.0410. The largest absolute Gasteiger partial charge is 0.459 e. The number of likely N-dealkylation sites (N-methyl/N-ethyl adjacent to an activating group) is 1. The van der Waals surface area contributed by atoms with Crippen molar-refractivity contribution in [2.75, 3.05) is 46.8 Å². The van der Waals surface area contributed by atoms with Gasteiger partial charge in [-0.1, -0.05) is 103 Å². The molecular formula is C71H117N7O17. The van der Waals surface area contributed by atoms with Crippen LogP contribution < -0.4 is 26.6 Å². The fourth-order valence-electron chi connectivity index (χ4n) is 13.7. The van der Waals surface area contributed by atoms with Crippen molar-refractivity contribution in [3.05, 3.63) is 71.3 Å². The van der Waals surface area contributed by atoms with E-state index in [0.29, 0.717) is 18.8 Å². The molecule has 3 saturated heterocycles. The summed E-state index contributed by atoms with van der Waals surface area (Å²) in [4.78, 5) is 86.8. The molecule has 95 heavy (non-hydrogen) atoms. The van der Waals surface area contributed by atoms with Crippen LogP contribution in [0.15, 0.2) is 54.6 Å². The topological polar surface area (TPSA) is 337 Å². The van der Waals surface area contributed by atoms with Gasteiger partial charge < -0.3 is 85.8 Å². The number of carbonyl (C=O) groups excluding carboxylic acids is 6. The van der Waals surface area contributed by atoms with Gasteiger partial charge in [0, 0.05) is 50.5 Å². The zero-order valence-corrected chi connectivity index (χ0v) is 59.5. The average molecular weight is 1340 g/mol. The summed E-state index contributed by atoms with van der Waals surface area (Å²) in [6.45, 7) is 26.1. The van der Waals surface area contributed by atoms with Crippen molar-refractivity contribution >= 4 is 35.5 Å². The molecule has 20 unspecified atom stereocenters. The predicted octanol–water partition coefficient (Wildman–Crippen LogP) is 3.62. The number of hydrogen-bond acceptors (Lipinski definition) is 19. The van der Waals surface area contributed by atoms with Crippen LogP contribution in [0.5, 0.6) is 0 Å². The summed E-state index contributed by atoms with van der Waals surface area (Å²) in [5.41, 5.74) is -2.77. The number of nitrogens with zero attached hydrogens (tertiary/aromatic N) is 2. The number of aliphatic hydroxyl groups is 6. The van der Waals surface area contributed by atoms with E-state index in [4.69, 9.17) is 23.7 Å². The van der Waals surface area contributed by atoms with Crippen LogP contribution in [-0.2, 0) is 65.3 Å². The Labute approximate surface area is 564 Å². The summed E-state index contributed by atoms with van der Waals surface area (Å²) in [6.07, 6.45) is -9.41. The van der Waals surface area contributed by atoms with Crippen molar-refractivity contribution in [1.82, 2.24) is 36.4 Å². The van der Waals surface area contributed by atoms with Crippen LogP contribution in [0.1, 0.15) is 165 Å². The second-order valence-corrected chi connectivity index (χ2v) is 29.3. The zero-order chi connectivity index (χ0) is 71.0. The van der Waals surface area contributed by atoms with Gasteiger partial charge in [0.2, 0.25) is 29.5 Å². The first-order chi connectivity index (χ1) is 44.4. The van der Waals surface area contributed by atoms with E-state index in [1.807, 2.05) is 94.1 Å². The molecule has 3 aliphatic heterocycles. The first-order valence-electron chi connectivity index (χ1n) is 34.4. The fourth-order valence-corrected chi connectivity index (χ4v) is 13.7. The zero-order valence-electron chi connectivity index (χ0n) is 59.5. The summed E-state index contributed by atoms with van der Waals surface area (Å²) < 4.78 is 32.0. The Morgan fingerprint density at radius 1 is 0.716 bits per heavy atom. The van der Waals surface area contributed by atoms with Gasteiger partial charge in [-0.05, 0) is 142 Å². The molecular weight excluding hydrogens is 1220 g/mol. The monoisotopic (exact) mass is 1340 g/mol. The third-order valence-corrected chi connectivity index (χ3v) is 19.2. The summed E-state index contributed by atoms with van der Waals surface area (Å²) in [5, 5.41) is 85.3. The molecule has 0 spiro atoms. The Hall–Kier alpha value is -5.22. The smallest absolute Gasteiger partial charge is 0.311 e. The molecule has 0 aromatic heterocycles. The van der Waals surface area contributed by atoms with E-state index in [1.165, 1.54) is 13.8 Å². The van der Waals surface area contributed by atoms with Gasteiger partial charge in [0.25, 0.3) is 0 Å². The van der Waals surface area contributed by atoms with Crippen molar-refractivity contribution in [2.45, 2.75) is 264 Å². The molecule has 0 aliphatic carbocycles. The van der Waals surface area contributed by atoms with Crippen molar-refractivity contribution in [3.8, 4) is 0 Å². The van der Waals surface area contributed by atoms with Gasteiger partial charge in [-0.3, -0.25) is 33.7 Å². The lowest BCUT2D eigenvalue weighted by molar-refractivity contribution is -0.316. The lowest BCUT2D eigenvalue weighted by atomic mass is 9.77. The van der Waals surface area contributed by atoms with Crippen LogP contribution >= 0.6 is 0 Å². The van der Waals surface area contributed by atoms with Crippen molar-refractivity contribution < 1.29 is 83.1 Å². The molecule has 0 saturated carbocycles. The number of hydrogen-bond donors (Lipinski definition) is 11. The number of cyclic esters (lactones) is 1. The van der Waals surface area contributed by atoms with Crippen molar-refractivity contribution in [2.24, 2.45) is 29.6 Å². The maximum absolute atomic E-state index is 14.7. The predicted molar refractivity (Wildman–Crippen MR) is 359 cm³/mol. The van der Waals surface area contributed by atoms with E-state index >= 15 is 0 Å². The quantitative estimate of drug-likeness (QED) is 0.0473. The molecule has 21 atom stereocenters. The van der Waals surface area contributed by atoms with Gasteiger partial charge >= 0.3 is 5.97 Å². The minimum atomic E-state index is -2.04. The molecule has 2 aromatic rings. The van der Waals surface area contributed by atoms with E-state index in [9.17, 15) is 59.4 Å². The number of esters is 1.